The molecule has 0 N–H and O–H groups in total. The van der Waals surface area contributed by atoms with Crippen LogP contribution in [-0.4, -0.2) is 9.13 Å². The van der Waals surface area contributed by atoms with Crippen LogP contribution in [0.3, 0.4) is 0 Å². The van der Waals surface area contributed by atoms with Gasteiger partial charge in [-0.2, -0.15) is 0 Å². The Bertz CT molecular complexity index is 4360. The van der Waals surface area contributed by atoms with Gasteiger partial charge < -0.3 is 9.13 Å². The van der Waals surface area contributed by atoms with Crippen LogP contribution in [0.5, 0.6) is 0 Å². The van der Waals surface area contributed by atoms with Gasteiger partial charge in [0.2, 0.25) is 0 Å². The lowest BCUT2D eigenvalue weighted by Crippen LogP contribution is -2.12. The normalized spacial score (nSPS) is 12.7. The molecule has 13 aromatic rings. The SMILES string of the molecule is C=c1ccc2ccccc2/c1=c1\cccc\c1=C(\C)c1cccc(-n2c3ccccc3c3cc(-c4ccc5c(c4)c4ccccc4n5-c4ccc(-c5ccc(-c6ccccc6)cc5)cc4)ccc32)c1. The van der Waals surface area contributed by atoms with E-state index in [1.54, 1.807) is 0 Å². The standard InChI is InChI=1S/C67H46N2/c1-44-27-28-50-17-6-7-21-57(50)67(44)60-24-9-8-20-56(60)45(2)51-18-14-19-55(41-51)69-64-26-13-11-23-59(64)62-43-53(36-40-66(62)69)52-35-39-65-61(42-52)58-22-10-12-25-63(58)68(65)54-37-33-49(34-38-54)48-31-29-47(30-32-48)46-15-4-3-5-16-46/h3-43H,1H2,2H3/b56-45+,67-60+. The molecule has 2 heterocycles. The van der Waals surface area contributed by atoms with Gasteiger partial charge in [0.1, 0.15) is 0 Å². The van der Waals surface area contributed by atoms with Crippen LogP contribution in [0.15, 0.2) is 249 Å². The summed E-state index contributed by atoms with van der Waals surface area (Å²) in [6, 6.07) is 90.7. The molecule has 0 aliphatic rings. The van der Waals surface area contributed by atoms with Crippen molar-refractivity contribution < 1.29 is 0 Å². The van der Waals surface area contributed by atoms with Crippen LogP contribution in [0, 0.1) is 10.4 Å². The highest BCUT2D eigenvalue weighted by atomic mass is 15.0. The highest BCUT2D eigenvalue weighted by Gasteiger charge is 2.17. The first kappa shape index (κ1) is 40.3. The van der Waals surface area contributed by atoms with Crippen molar-refractivity contribution in [2.24, 2.45) is 0 Å². The van der Waals surface area contributed by atoms with Gasteiger partial charge in [0.25, 0.3) is 0 Å². The number of fused-ring (bicyclic) bond motifs is 7. The first-order valence-corrected chi connectivity index (χ1v) is 23.8. The molecule has 0 bridgehead atoms. The quantitative estimate of drug-likeness (QED) is 0.157. The van der Waals surface area contributed by atoms with Crippen LogP contribution in [-0.2, 0) is 0 Å². The number of nitrogens with zero attached hydrogens (tertiary/aromatic N) is 2. The third-order valence-electron chi connectivity index (χ3n) is 14.3. The summed E-state index contributed by atoms with van der Waals surface area (Å²) in [7, 11) is 0. The molecule has 0 radical (unpaired) electrons. The topological polar surface area (TPSA) is 9.86 Å². The maximum Gasteiger partial charge on any atom is 0.0541 e. The zero-order valence-corrected chi connectivity index (χ0v) is 38.3. The molecule has 2 aromatic heterocycles. The highest BCUT2D eigenvalue weighted by Crippen LogP contribution is 2.39. The zero-order valence-electron chi connectivity index (χ0n) is 38.3. The van der Waals surface area contributed by atoms with Gasteiger partial charge in [-0.1, -0.05) is 195 Å². The number of para-hydroxylation sites is 2. The van der Waals surface area contributed by atoms with Gasteiger partial charge in [0.15, 0.2) is 0 Å². The Kier molecular flexibility index (Phi) is 9.59. The van der Waals surface area contributed by atoms with Gasteiger partial charge in [-0.25, -0.2) is 0 Å². The van der Waals surface area contributed by atoms with Crippen LogP contribution in [0.25, 0.3) is 111 Å². The minimum absolute atomic E-state index is 1.03. The molecule has 0 unspecified atom stereocenters. The minimum atomic E-state index is 1.03. The van der Waals surface area contributed by atoms with Crippen LogP contribution in [0.2, 0.25) is 0 Å². The maximum absolute atomic E-state index is 4.49. The Hall–Kier alpha value is -8.98. The van der Waals surface area contributed by atoms with E-state index in [0.717, 1.165) is 16.6 Å². The Morgan fingerprint density at radius 1 is 0.333 bits per heavy atom. The lowest BCUT2D eigenvalue weighted by molar-refractivity contribution is 1.18. The van der Waals surface area contributed by atoms with Crippen LogP contribution in [0.4, 0.5) is 0 Å². The van der Waals surface area contributed by atoms with E-state index in [9.17, 15) is 0 Å². The second kappa shape index (κ2) is 16.4. The van der Waals surface area contributed by atoms with E-state index in [2.05, 4.69) is 271 Å². The van der Waals surface area contributed by atoms with Crippen molar-refractivity contribution in [2.45, 2.75) is 6.92 Å². The van der Waals surface area contributed by atoms with Gasteiger partial charge in [-0.05, 0) is 144 Å². The van der Waals surface area contributed by atoms with Gasteiger partial charge in [0.05, 0.1) is 22.1 Å². The van der Waals surface area contributed by atoms with Crippen LogP contribution < -0.4 is 10.4 Å². The molecule has 0 fully saturated rings. The van der Waals surface area contributed by atoms with E-state index in [1.807, 2.05) is 0 Å². The Morgan fingerprint density at radius 3 is 1.48 bits per heavy atom. The van der Waals surface area contributed by atoms with Crippen molar-refractivity contribution in [2.75, 3.05) is 0 Å². The Morgan fingerprint density at radius 2 is 0.826 bits per heavy atom. The first-order valence-electron chi connectivity index (χ1n) is 23.8. The predicted molar refractivity (Wildman–Crippen MR) is 292 cm³/mol. The molecule has 2 heteroatoms. The van der Waals surface area contributed by atoms with Gasteiger partial charge in [-0.15, -0.1) is 0 Å². The summed E-state index contributed by atoms with van der Waals surface area (Å²) in [4.78, 5) is 0. The van der Waals surface area contributed by atoms with Crippen molar-refractivity contribution in [1.29, 1.82) is 0 Å². The summed E-state index contributed by atoms with van der Waals surface area (Å²) in [6.45, 7) is 6.74. The maximum atomic E-state index is 4.49. The molecule has 0 aliphatic carbocycles. The second-order valence-electron chi connectivity index (χ2n) is 18.2. The first-order chi connectivity index (χ1) is 34.1. The van der Waals surface area contributed by atoms with Crippen LogP contribution in [0.1, 0.15) is 12.5 Å². The lowest BCUT2D eigenvalue weighted by Gasteiger charge is -2.12. The Balaban J connectivity index is 0.890. The molecule has 0 amide bonds. The number of hydrogen-bond donors (Lipinski definition) is 0. The van der Waals surface area contributed by atoms with E-state index in [-0.39, 0.29) is 0 Å². The minimum Gasteiger partial charge on any atom is -0.309 e. The Labute approximate surface area is 400 Å². The summed E-state index contributed by atoms with van der Waals surface area (Å²) in [6.07, 6.45) is 0. The molecule has 0 saturated heterocycles. The third kappa shape index (κ3) is 6.80. The zero-order chi connectivity index (χ0) is 46.0. The van der Waals surface area contributed by atoms with Crippen molar-refractivity contribution >= 4 is 66.5 Å². The van der Waals surface area contributed by atoms with E-state index in [4.69, 9.17) is 0 Å². The van der Waals surface area contributed by atoms with Gasteiger partial charge >= 0.3 is 0 Å². The summed E-state index contributed by atoms with van der Waals surface area (Å²) >= 11 is 0. The number of hydrogen-bond acceptors (Lipinski definition) is 0. The summed E-state index contributed by atoms with van der Waals surface area (Å²) < 4.78 is 4.83. The fraction of sp³-hybridized carbons (Fsp3) is 0.0149. The smallest absolute Gasteiger partial charge is 0.0541 e. The average Bonchev–Trinajstić information content (AvgIpc) is 3.93. The number of rotatable bonds is 6. The lowest BCUT2D eigenvalue weighted by atomic mass is 9.99. The molecule has 0 atom stereocenters. The third-order valence-corrected chi connectivity index (χ3v) is 14.3. The molecule has 2 nitrogen and oxygen atoms in total. The fourth-order valence-corrected chi connectivity index (χ4v) is 10.8. The van der Waals surface area contributed by atoms with Crippen molar-refractivity contribution in [3.8, 4) is 44.8 Å². The molecule has 324 valence electrons. The van der Waals surface area contributed by atoms with Crippen molar-refractivity contribution in [1.82, 2.24) is 9.13 Å². The second-order valence-corrected chi connectivity index (χ2v) is 18.2. The molecule has 69 heavy (non-hydrogen) atoms. The van der Waals surface area contributed by atoms with Gasteiger partial charge in [-0.3, -0.25) is 0 Å². The highest BCUT2D eigenvalue weighted by molar-refractivity contribution is 6.12. The number of aromatic nitrogens is 2. The number of benzene rings is 11. The summed E-state index contributed by atoms with van der Waals surface area (Å²) in [5.74, 6) is 0. The summed E-state index contributed by atoms with van der Waals surface area (Å²) in [5.41, 5.74) is 16.7. The van der Waals surface area contributed by atoms with E-state index >= 15 is 0 Å². The van der Waals surface area contributed by atoms with E-state index in [1.165, 1.54) is 115 Å². The fourth-order valence-electron chi connectivity index (χ4n) is 10.8. The monoisotopic (exact) mass is 878 g/mol. The molecule has 0 saturated carbocycles. The average molecular weight is 879 g/mol. The van der Waals surface area contributed by atoms with Crippen molar-refractivity contribution in [3.63, 3.8) is 0 Å². The molecular weight excluding hydrogens is 833 g/mol. The van der Waals surface area contributed by atoms with E-state index in [0.29, 0.717) is 0 Å². The molecular formula is C67H46N2. The van der Waals surface area contributed by atoms with Crippen LogP contribution >= 0.6 is 0 Å². The van der Waals surface area contributed by atoms with E-state index < -0.39 is 0 Å². The molecule has 13 rings (SSSR count). The van der Waals surface area contributed by atoms with Crippen molar-refractivity contribution in [3.05, 3.63) is 275 Å². The molecule has 11 aromatic carbocycles. The predicted octanol–water partition coefficient (Wildman–Crippen LogP) is 16.0. The summed E-state index contributed by atoms with van der Waals surface area (Å²) in [5, 5.41) is 12.0. The molecule has 0 aliphatic heterocycles. The van der Waals surface area contributed by atoms with Gasteiger partial charge in [0, 0.05) is 32.9 Å². The largest absolute Gasteiger partial charge is 0.309 e. The molecule has 0 spiro atoms.